The second kappa shape index (κ2) is 9.75. The number of aryl methyl sites for hydroxylation is 2. The summed E-state index contributed by atoms with van der Waals surface area (Å²) in [4.78, 5) is 12.3. The molecule has 0 radical (unpaired) electrons. The van der Waals surface area contributed by atoms with Gasteiger partial charge in [-0.05, 0) is 48.7 Å². The van der Waals surface area contributed by atoms with Gasteiger partial charge in [0.2, 0.25) is 0 Å². The van der Waals surface area contributed by atoms with Gasteiger partial charge >= 0.3 is 0 Å². The number of ether oxygens (including phenoxy) is 1. The average Bonchev–Trinajstić information content (AvgIpc) is 3.45. The lowest BCUT2D eigenvalue weighted by atomic mass is 10.1. The van der Waals surface area contributed by atoms with E-state index in [1.54, 1.807) is 23.1 Å². The monoisotopic (exact) mass is 415 g/mol. The van der Waals surface area contributed by atoms with Crippen LogP contribution in [-0.4, -0.2) is 32.0 Å². The molecule has 31 heavy (non-hydrogen) atoms. The first-order valence-electron chi connectivity index (χ1n) is 10.3. The molecule has 0 spiro atoms. The fraction of sp³-hybridized carbons (Fsp3) is 0.208. The van der Waals surface area contributed by atoms with Gasteiger partial charge in [0.15, 0.2) is 6.73 Å². The second-order valence-electron chi connectivity index (χ2n) is 7.21. The molecule has 0 aliphatic heterocycles. The Morgan fingerprint density at radius 1 is 1.00 bits per heavy atom. The minimum absolute atomic E-state index is 0.192. The van der Waals surface area contributed by atoms with Crippen LogP contribution in [0.2, 0.25) is 0 Å². The quantitative estimate of drug-likeness (QED) is 0.421. The predicted octanol–water partition coefficient (Wildman–Crippen LogP) is 3.91. The van der Waals surface area contributed by atoms with E-state index in [9.17, 15) is 4.79 Å². The van der Waals surface area contributed by atoms with E-state index in [1.165, 1.54) is 0 Å². The van der Waals surface area contributed by atoms with Gasteiger partial charge in [0.25, 0.3) is 5.91 Å². The predicted molar refractivity (Wildman–Crippen MR) is 119 cm³/mol. The van der Waals surface area contributed by atoms with E-state index >= 15 is 0 Å². The molecule has 0 saturated heterocycles. The standard InChI is InChI=1S/C24H25N5O2/c1-19-12-15-26-29(19)16-5-14-25-24(30)23-13-17-28(27-23)18-31-22-10-8-21(9-11-22)20-6-3-2-4-7-20/h2-4,6-13,15,17H,5,14,16,18H2,1H3,(H,25,30). The lowest BCUT2D eigenvalue weighted by Crippen LogP contribution is -2.26. The van der Waals surface area contributed by atoms with Crippen LogP contribution in [-0.2, 0) is 13.3 Å². The first-order valence-corrected chi connectivity index (χ1v) is 10.3. The molecule has 7 heteroatoms. The molecule has 0 unspecified atom stereocenters. The van der Waals surface area contributed by atoms with Gasteiger partial charge in [-0.2, -0.15) is 10.2 Å². The van der Waals surface area contributed by atoms with Crippen LogP contribution in [0.1, 0.15) is 22.6 Å². The SMILES string of the molecule is Cc1ccnn1CCCNC(=O)c1ccn(COc2ccc(-c3ccccc3)cc2)n1. The fourth-order valence-electron chi connectivity index (χ4n) is 3.22. The van der Waals surface area contributed by atoms with Crippen LogP contribution in [0.4, 0.5) is 0 Å². The average molecular weight is 415 g/mol. The Balaban J connectivity index is 1.23. The van der Waals surface area contributed by atoms with Crippen LogP contribution in [0.15, 0.2) is 79.1 Å². The Morgan fingerprint density at radius 3 is 2.52 bits per heavy atom. The minimum atomic E-state index is -0.192. The fourth-order valence-corrected chi connectivity index (χ4v) is 3.22. The molecule has 1 amide bonds. The zero-order valence-corrected chi connectivity index (χ0v) is 17.4. The highest BCUT2D eigenvalue weighted by atomic mass is 16.5. The number of carbonyl (C=O) groups is 1. The number of amides is 1. The molecule has 0 atom stereocenters. The van der Waals surface area contributed by atoms with E-state index in [1.807, 2.05) is 60.1 Å². The number of nitrogens with zero attached hydrogens (tertiary/aromatic N) is 4. The third-order valence-electron chi connectivity index (χ3n) is 4.96. The lowest BCUT2D eigenvalue weighted by Gasteiger charge is -2.08. The van der Waals surface area contributed by atoms with Crippen molar-refractivity contribution in [3.05, 3.63) is 90.5 Å². The van der Waals surface area contributed by atoms with E-state index in [0.717, 1.165) is 35.5 Å². The Bertz CT molecular complexity index is 1120. The maximum absolute atomic E-state index is 12.3. The molecule has 2 aromatic carbocycles. The van der Waals surface area contributed by atoms with E-state index < -0.39 is 0 Å². The molecule has 0 saturated carbocycles. The highest BCUT2D eigenvalue weighted by Gasteiger charge is 2.09. The van der Waals surface area contributed by atoms with Crippen molar-refractivity contribution in [3.63, 3.8) is 0 Å². The number of carbonyl (C=O) groups excluding carboxylic acids is 1. The third kappa shape index (κ3) is 5.39. The minimum Gasteiger partial charge on any atom is -0.471 e. The van der Waals surface area contributed by atoms with Crippen molar-refractivity contribution in [2.75, 3.05) is 6.54 Å². The van der Waals surface area contributed by atoms with Crippen LogP contribution >= 0.6 is 0 Å². The van der Waals surface area contributed by atoms with E-state index in [4.69, 9.17) is 4.74 Å². The Labute approximate surface area is 181 Å². The van der Waals surface area contributed by atoms with Crippen LogP contribution in [0, 0.1) is 6.92 Å². The van der Waals surface area contributed by atoms with Crippen molar-refractivity contribution in [2.45, 2.75) is 26.6 Å². The van der Waals surface area contributed by atoms with Crippen LogP contribution in [0.3, 0.4) is 0 Å². The summed E-state index contributed by atoms with van der Waals surface area (Å²) in [5.74, 6) is 0.554. The molecule has 4 aromatic rings. The number of nitrogens with one attached hydrogen (secondary N) is 1. The molecule has 2 heterocycles. The summed E-state index contributed by atoms with van der Waals surface area (Å²) in [6, 6.07) is 21.8. The number of rotatable bonds is 9. The third-order valence-corrected chi connectivity index (χ3v) is 4.96. The van der Waals surface area contributed by atoms with Crippen molar-refractivity contribution < 1.29 is 9.53 Å². The molecule has 2 aromatic heterocycles. The zero-order valence-electron chi connectivity index (χ0n) is 17.4. The van der Waals surface area contributed by atoms with Gasteiger partial charge < -0.3 is 10.1 Å². The van der Waals surface area contributed by atoms with E-state index in [-0.39, 0.29) is 12.6 Å². The molecule has 7 nitrogen and oxygen atoms in total. The van der Waals surface area contributed by atoms with Gasteiger partial charge in [-0.25, -0.2) is 4.68 Å². The van der Waals surface area contributed by atoms with Crippen molar-refractivity contribution in [2.24, 2.45) is 0 Å². The van der Waals surface area contributed by atoms with Gasteiger partial charge in [-0.1, -0.05) is 42.5 Å². The molecule has 4 rings (SSSR count). The second-order valence-corrected chi connectivity index (χ2v) is 7.21. The van der Waals surface area contributed by atoms with Crippen LogP contribution < -0.4 is 10.1 Å². The van der Waals surface area contributed by atoms with Gasteiger partial charge in [0.1, 0.15) is 11.4 Å². The highest BCUT2D eigenvalue weighted by molar-refractivity contribution is 5.92. The molecule has 0 aliphatic carbocycles. The van der Waals surface area contributed by atoms with E-state index in [2.05, 4.69) is 27.6 Å². The Kier molecular flexibility index (Phi) is 6.42. The van der Waals surface area contributed by atoms with Crippen LogP contribution in [0.25, 0.3) is 11.1 Å². The van der Waals surface area contributed by atoms with Crippen molar-refractivity contribution in [1.82, 2.24) is 24.9 Å². The summed E-state index contributed by atoms with van der Waals surface area (Å²) < 4.78 is 9.31. The number of hydrogen-bond acceptors (Lipinski definition) is 4. The first kappa shape index (κ1) is 20.4. The summed E-state index contributed by atoms with van der Waals surface area (Å²) in [7, 11) is 0. The lowest BCUT2D eigenvalue weighted by molar-refractivity contribution is 0.0945. The van der Waals surface area contributed by atoms with Gasteiger partial charge in [-0.15, -0.1) is 0 Å². The number of aromatic nitrogens is 4. The summed E-state index contributed by atoms with van der Waals surface area (Å²) in [5.41, 5.74) is 3.78. The van der Waals surface area contributed by atoms with Crippen molar-refractivity contribution >= 4 is 5.91 Å². The molecular weight excluding hydrogens is 390 g/mol. The van der Waals surface area contributed by atoms with Crippen molar-refractivity contribution in [3.8, 4) is 16.9 Å². The van der Waals surface area contributed by atoms with Crippen molar-refractivity contribution in [1.29, 1.82) is 0 Å². The number of hydrogen-bond donors (Lipinski definition) is 1. The normalized spacial score (nSPS) is 10.7. The maximum Gasteiger partial charge on any atom is 0.271 e. The molecule has 0 aliphatic rings. The smallest absolute Gasteiger partial charge is 0.271 e. The topological polar surface area (TPSA) is 74.0 Å². The molecule has 0 fully saturated rings. The summed E-state index contributed by atoms with van der Waals surface area (Å²) in [6.45, 7) is 3.58. The molecular formula is C24H25N5O2. The highest BCUT2D eigenvalue weighted by Crippen LogP contribution is 2.22. The Morgan fingerprint density at radius 2 is 1.77 bits per heavy atom. The number of benzene rings is 2. The Hall–Kier alpha value is -3.87. The molecule has 158 valence electrons. The summed E-state index contributed by atoms with van der Waals surface area (Å²) in [6.07, 6.45) is 4.32. The van der Waals surface area contributed by atoms with Crippen LogP contribution in [0.5, 0.6) is 5.75 Å². The molecule has 0 bridgehead atoms. The largest absolute Gasteiger partial charge is 0.471 e. The zero-order chi connectivity index (χ0) is 21.5. The van der Waals surface area contributed by atoms with Gasteiger partial charge in [0.05, 0.1) is 0 Å². The summed E-state index contributed by atoms with van der Waals surface area (Å²) in [5, 5.41) is 11.4. The summed E-state index contributed by atoms with van der Waals surface area (Å²) >= 11 is 0. The molecule has 1 N–H and O–H groups in total. The maximum atomic E-state index is 12.3. The first-order chi connectivity index (χ1) is 15.2. The van der Waals surface area contributed by atoms with E-state index in [0.29, 0.717) is 12.2 Å². The van der Waals surface area contributed by atoms with Gasteiger partial charge in [0, 0.05) is 31.2 Å². The van der Waals surface area contributed by atoms with Gasteiger partial charge in [-0.3, -0.25) is 9.48 Å².